The first-order valence-corrected chi connectivity index (χ1v) is 11.9. The molecule has 182 valence electrons. The Kier molecular flexibility index (Phi) is 8.48. The summed E-state index contributed by atoms with van der Waals surface area (Å²) >= 11 is 0. The van der Waals surface area contributed by atoms with Crippen LogP contribution in [0.25, 0.3) is 0 Å². The highest BCUT2D eigenvalue weighted by Crippen LogP contribution is 2.21. The van der Waals surface area contributed by atoms with Crippen molar-refractivity contribution in [3.05, 3.63) is 95.1 Å². The maximum absolute atomic E-state index is 12.8. The number of phenols is 1. The third-order valence-electron chi connectivity index (χ3n) is 5.98. The summed E-state index contributed by atoms with van der Waals surface area (Å²) in [6.45, 7) is 4.12. The molecule has 0 saturated carbocycles. The van der Waals surface area contributed by atoms with E-state index in [1.54, 1.807) is 12.1 Å². The Morgan fingerprint density at radius 1 is 0.886 bits per heavy atom. The molecule has 3 aromatic carbocycles. The van der Waals surface area contributed by atoms with E-state index in [-0.39, 0.29) is 29.7 Å². The molecule has 1 fully saturated rings. The van der Waals surface area contributed by atoms with E-state index in [1.807, 2.05) is 60.7 Å². The first kappa shape index (κ1) is 24.4. The van der Waals surface area contributed by atoms with Gasteiger partial charge in [-0.1, -0.05) is 48.5 Å². The molecule has 1 aliphatic heterocycles. The van der Waals surface area contributed by atoms with E-state index in [0.29, 0.717) is 38.3 Å². The number of phenolic OH excluding ortho intramolecular Hbond substituents is 1. The Bertz CT molecular complexity index is 1140. The number of ether oxygens (including phenoxy) is 1. The quantitative estimate of drug-likeness (QED) is 0.442. The minimum atomic E-state index is -0.350. The molecule has 35 heavy (non-hydrogen) atoms. The second-order valence-corrected chi connectivity index (χ2v) is 8.65. The first-order chi connectivity index (χ1) is 17.1. The van der Waals surface area contributed by atoms with Crippen LogP contribution in [0.1, 0.15) is 33.5 Å². The topological polar surface area (TPSA) is 90.9 Å². The van der Waals surface area contributed by atoms with E-state index in [0.717, 1.165) is 29.8 Å². The highest BCUT2D eigenvalue weighted by Gasteiger charge is 2.14. The minimum Gasteiger partial charge on any atom is -0.507 e. The lowest BCUT2D eigenvalue weighted by Crippen LogP contribution is -2.38. The average molecular weight is 474 g/mol. The number of hydrogen-bond acceptors (Lipinski definition) is 5. The predicted octanol–water partition coefficient (Wildman–Crippen LogP) is 3.57. The molecule has 1 saturated heterocycles. The number of rotatable bonds is 9. The van der Waals surface area contributed by atoms with E-state index >= 15 is 0 Å². The summed E-state index contributed by atoms with van der Waals surface area (Å²) < 4.78 is 5.33. The summed E-state index contributed by atoms with van der Waals surface area (Å²) in [7, 11) is 0. The SMILES string of the molecule is O=C(CCN1CCOCC1)Nc1cccc(CNC(=O)c2cc(Cc3ccccc3)ccc2O)c1. The van der Waals surface area contributed by atoms with Crippen LogP contribution in [-0.2, 0) is 22.5 Å². The maximum atomic E-state index is 12.8. The van der Waals surface area contributed by atoms with Crippen molar-refractivity contribution in [2.75, 3.05) is 38.2 Å². The van der Waals surface area contributed by atoms with Crippen LogP contribution >= 0.6 is 0 Å². The number of amides is 2. The molecule has 1 heterocycles. The van der Waals surface area contributed by atoms with Crippen molar-refractivity contribution in [3.8, 4) is 5.75 Å². The number of carbonyl (C=O) groups excluding carboxylic acids is 2. The lowest BCUT2D eigenvalue weighted by atomic mass is 10.0. The number of morpholine rings is 1. The van der Waals surface area contributed by atoms with Crippen LogP contribution in [0.4, 0.5) is 5.69 Å². The molecule has 7 heteroatoms. The fraction of sp³-hybridized carbons (Fsp3) is 0.286. The summed E-state index contributed by atoms with van der Waals surface area (Å²) in [6, 6.07) is 22.5. The third kappa shape index (κ3) is 7.40. The van der Waals surface area contributed by atoms with Gasteiger partial charge in [0.2, 0.25) is 5.91 Å². The van der Waals surface area contributed by atoms with E-state index in [1.165, 1.54) is 0 Å². The molecule has 0 bridgehead atoms. The van der Waals surface area contributed by atoms with Crippen LogP contribution < -0.4 is 10.6 Å². The highest BCUT2D eigenvalue weighted by molar-refractivity contribution is 5.97. The van der Waals surface area contributed by atoms with Crippen LogP contribution in [0, 0.1) is 0 Å². The Labute approximate surface area is 205 Å². The fourth-order valence-electron chi connectivity index (χ4n) is 4.05. The Balaban J connectivity index is 1.30. The number of nitrogens with zero attached hydrogens (tertiary/aromatic N) is 1. The van der Waals surface area contributed by atoms with Gasteiger partial charge in [-0.2, -0.15) is 0 Å². The molecule has 3 N–H and O–H groups in total. The zero-order valence-corrected chi connectivity index (χ0v) is 19.7. The molecule has 0 radical (unpaired) electrons. The Morgan fingerprint density at radius 3 is 2.46 bits per heavy atom. The van der Waals surface area contributed by atoms with Gasteiger partial charge in [0.1, 0.15) is 5.75 Å². The lowest BCUT2D eigenvalue weighted by Gasteiger charge is -2.26. The van der Waals surface area contributed by atoms with E-state index in [9.17, 15) is 14.7 Å². The predicted molar refractivity (Wildman–Crippen MR) is 135 cm³/mol. The zero-order valence-electron chi connectivity index (χ0n) is 19.7. The monoisotopic (exact) mass is 473 g/mol. The standard InChI is InChI=1S/C28H31N3O4/c32-26-10-9-22(17-21-5-2-1-3-6-21)19-25(26)28(34)29-20-23-7-4-8-24(18-23)30-27(33)11-12-31-13-15-35-16-14-31/h1-10,18-19,32H,11-17,20H2,(H,29,34)(H,30,33). The molecule has 0 unspecified atom stereocenters. The van der Waals surface area contributed by atoms with Crippen molar-refractivity contribution < 1.29 is 19.4 Å². The Morgan fingerprint density at radius 2 is 1.66 bits per heavy atom. The second-order valence-electron chi connectivity index (χ2n) is 8.65. The fourth-order valence-corrected chi connectivity index (χ4v) is 4.05. The van der Waals surface area contributed by atoms with Gasteiger partial charge in [0.15, 0.2) is 0 Å². The van der Waals surface area contributed by atoms with Gasteiger partial charge >= 0.3 is 0 Å². The van der Waals surface area contributed by atoms with Gasteiger partial charge in [0.25, 0.3) is 5.91 Å². The van der Waals surface area contributed by atoms with Crippen molar-refractivity contribution in [2.45, 2.75) is 19.4 Å². The minimum absolute atomic E-state index is 0.0437. The molecule has 2 amide bonds. The lowest BCUT2D eigenvalue weighted by molar-refractivity contribution is -0.116. The van der Waals surface area contributed by atoms with Crippen LogP contribution in [0.2, 0.25) is 0 Å². The Hall–Kier alpha value is -3.68. The molecule has 1 aliphatic rings. The number of anilines is 1. The van der Waals surface area contributed by atoms with E-state index < -0.39 is 0 Å². The third-order valence-corrected chi connectivity index (χ3v) is 5.98. The number of hydrogen-bond donors (Lipinski definition) is 3. The summed E-state index contributed by atoms with van der Waals surface area (Å²) in [4.78, 5) is 27.4. The van der Waals surface area contributed by atoms with Crippen LogP contribution in [-0.4, -0.2) is 54.7 Å². The number of carbonyl (C=O) groups is 2. The largest absolute Gasteiger partial charge is 0.507 e. The summed E-state index contributed by atoms with van der Waals surface area (Å²) in [6.07, 6.45) is 1.09. The number of nitrogens with one attached hydrogen (secondary N) is 2. The summed E-state index contributed by atoms with van der Waals surface area (Å²) in [5.41, 5.74) is 3.86. The average Bonchev–Trinajstić information content (AvgIpc) is 2.89. The van der Waals surface area contributed by atoms with Gasteiger partial charge in [0.05, 0.1) is 18.8 Å². The maximum Gasteiger partial charge on any atom is 0.255 e. The highest BCUT2D eigenvalue weighted by atomic mass is 16.5. The van der Waals surface area contributed by atoms with E-state index in [4.69, 9.17) is 4.74 Å². The number of aromatic hydroxyl groups is 1. The smallest absolute Gasteiger partial charge is 0.255 e. The van der Waals surface area contributed by atoms with Crippen molar-refractivity contribution in [2.24, 2.45) is 0 Å². The van der Waals surface area contributed by atoms with Crippen molar-refractivity contribution in [1.29, 1.82) is 0 Å². The molecular formula is C28H31N3O4. The van der Waals surface area contributed by atoms with Crippen LogP contribution in [0.3, 0.4) is 0 Å². The van der Waals surface area contributed by atoms with Gasteiger partial charge < -0.3 is 20.5 Å². The second kappa shape index (κ2) is 12.1. The summed E-state index contributed by atoms with van der Waals surface area (Å²) in [5.74, 6) is -0.448. The molecule has 0 aromatic heterocycles. The van der Waals surface area contributed by atoms with Crippen molar-refractivity contribution in [1.82, 2.24) is 10.2 Å². The van der Waals surface area contributed by atoms with Crippen LogP contribution in [0.5, 0.6) is 5.75 Å². The van der Waals surface area contributed by atoms with E-state index in [2.05, 4.69) is 15.5 Å². The van der Waals surface area contributed by atoms with Crippen LogP contribution in [0.15, 0.2) is 72.8 Å². The van der Waals surface area contributed by atoms with Gasteiger partial charge in [-0.3, -0.25) is 14.5 Å². The van der Waals surface area contributed by atoms with Gasteiger partial charge in [-0.05, 0) is 47.4 Å². The molecule has 0 atom stereocenters. The molecule has 0 spiro atoms. The molecule has 4 rings (SSSR count). The van der Waals surface area contributed by atoms with Gasteiger partial charge in [0, 0.05) is 38.3 Å². The molecule has 7 nitrogen and oxygen atoms in total. The molecular weight excluding hydrogens is 442 g/mol. The first-order valence-electron chi connectivity index (χ1n) is 11.9. The van der Waals surface area contributed by atoms with Crippen molar-refractivity contribution >= 4 is 17.5 Å². The zero-order chi connectivity index (χ0) is 24.5. The summed E-state index contributed by atoms with van der Waals surface area (Å²) in [5, 5.41) is 16.0. The molecule has 0 aliphatic carbocycles. The van der Waals surface area contributed by atoms with Gasteiger partial charge in [-0.15, -0.1) is 0 Å². The normalized spacial score (nSPS) is 13.8. The number of benzene rings is 3. The van der Waals surface area contributed by atoms with Crippen molar-refractivity contribution in [3.63, 3.8) is 0 Å². The van der Waals surface area contributed by atoms with Gasteiger partial charge in [-0.25, -0.2) is 0 Å². The molecule has 3 aromatic rings.